The summed E-state index contributed by atoms with van der Waals surface area (Å²) >= 11 is 0. The summed E-state index contributed by atoms with van der Waals surface area (Å²) in [5, 5.41) is 3.23. The second-order valence-corrected chi connectivity index (χ2v) is 11.1. The summed E-state index contributed by atoms with van der Waals surface area (Å²) in [5.74, 6) is -1.00. The van der Waals surface area contributed by atoms with Gasteiger partial charge in [-0.2, -0.15) is 9.97 Å². The smallest absolute Gasteiger partial charge is 0.254 e. The van der Waals surface area contributed by atoms with E-state index in [1.807, 2.05) is 13.1 Å². The number of hydrogen-bond acceptors (Lipinski definition) is 8. The summed E-state index contributed by atoms with van der Waals surface area (Å²) in [6.45, 7) is 4.75. The molecule has 1 aliphatic rings. The van der Waals surface area contributed by atoms with Gasteiger partial charge in [-0.25, -0.2) is 16.8 Å². The molecule has 0 atom stereocenters. The zero-order valence-corrected chi connectivity index (χ0v) is 22.5. The van der Waals surface area contributed by atoms with Gasteiger partial charge in [0.05, 0.1) is 23.4 Å². The predicted octanol–water partition coefficient (Wildman–Crippen LogP) is 3.48. The molecule has 1 aliphatic heterocycles. The van der Waals surface area contributed by atoms with Crippen molar-refractivity contribution in [1.29, 1.82) is 0 Å². The van der Waals surface area contributed by atoms with Crippen LogP contribution in [0.25, 0.3) is 11.0 Å². The number of fused-ring (bicyclic) bond motifs is 1. The number of nitrogens with zero attached hydrogens (tertiary/aromatic N) is 5. The molecule has 1 amide bonds. The number of amides is 1. The number of hydrogen-bond donors (Lipinski definition) is 1. The lowest BCUT2D eigenvalue weighted by molar-refractivity contribution is 0.0663. The molecule has 0 bridgehead atoms. The van der Waals surface area contributed by atoms with Gasteiger partial charge in [0.15, 0.2) is 5.65 Å². The first-order valence-corrected chi connectivity index (χ1v) is 14.2. The van der Waals surface area contributed by atoms with E-state index in [1.54, 1.807) is 48.2 Å². The fourth-order valence-corrected chi connectivity index (χ4v) is 5.81. The first-order valence-electron chi connectivity index (χ1n) is 12.6. The Morgan fingerprint density at radius 1 is 1.05 bits per heavy atom. The van der Waals surface area contributed by atoms with Crippen LogP contribution in [-0.4, -0.2) is 77.9 Å². The number of piperazine rings is 1. The Labute approximate surface area is 226 Å². The summed E-state index contributed by atoms with van der Waals surface area (Å²) in [6.07, 6.45) is 1.41. The number of benzene rings is 2. The Kier molecular flexibility index (Phi) is 7.49. The number of carbonyl (C=O) groups excluding carboxylic acids is 1. The number of nitrogens with one attached hydrogen (secondary N) is 1. The molecule has 4 aromatic rings. The molecule has 1 saturated heterocycles. The fraction of sp³-hybridized carbons (Fsp3) is 0.296. The number of aromatic nitrogens is 3. The molecule has 2 aromatic heterocycles. The van der Waals surface area contributed by atoms with Gasteiger partial charge in [0.1, 0.15) is 5.82 Å². The maximum atomic E-state index is 15.1. The van der Waals surface area contributed by atoms with E-state index in [-0.39, 0.29) is 47.0 Å². The second-order valence-electron chi connectivity index (χ2n) is 9.29. The van der Waals surface area contributed by atoms with Crippen LogP contribution in [0.5, 0.6) is 5.88 Å². The number of halogens is 1. The standard InChI is InChI=1S/C27H29FN6O4S/c1-3-38-25-21-11-12-34(39(36,37)18-19-7-5-4-6-8-19)24(21)30-27(31-25)29-23-10-9-20(17-22(23)28)26(35)33-15-13-32(2)14-16-33/h4-12,17H,3,13-16,18H2,1-2H3,(H,29,30,31). The molecule has 10 nitrogen and oxygen atoms in total. The summed E-state index contributed by atoms with van der Waals surface area (Å²) < 4.78 is 48.4. The molecule has 0 saturated carbocycles. The van der Waals surface area contributed by atoms with Gasteiger partial charge in [0.2, 0.25) is 21.9 Å². The highest BCUT2D eigenvalue weighted by Crippen LogP contribution is 2.29. The number of likely N-dealkylation sites (N-methyl/N-ethyl adjacent to an activating group) is 1. The minimum absolute atomic E-state index is 0.0389. The summed E-state index contributed by atoms with van der Waals surface area (Å²) in [7, 11) is -1.84. The lowest BCUT2D eigenvalue weighted by Crippen LogP contribution is -2.47. The van der Waals surface area contributed by atoms with Crippen molar-refractivity contribution in [3.05, 3.63) is 77.7 Å². The third kappa shape index (κ3) is 5.71. The van der Waals surface area contributed by atoms with Gasteiger partial charge < -0.3 is 19.9 Å². The molecule has 3 heterocycles. The highest BCUT2D eigenvalue weighted by molar-refractivity contribution is 7.89. The monoisotopic (exact) mass is 552 g/mol. The molecule has 39 heavy (non-hydrogen) atoms. The van der Waals surface area contributed by atoms with Gasteiger partial charge in [-0.15, -0.1) is 0 Å². The number of ether oxygens (including phenoxy) is 1. The first kappa shape index (κ1) is 26.6. The van der Waals surface area contributed by atoms with E-state index < -0.39 is 15.8 Å². The number of anilines is 2. The number of carbonyl (C=O) groups is 1. The van der Waals surface area contributed by atoms with Crippen LogP contribution in [0.4, 0.5) is 16.0 Å². The third-order valence-electron chi connectivity index (χ3n) is 6.50. The van der Waals surface area contributed by atoms with E-state index in [0.29, 0.717) is 24.0 Å². The topological polar surface area (TPSA) is 110 Å². The van der Waals surface area contributed by atoms with Gasteiger partial charge in [-0.05, 0) is 43.8 Å². The van der Waals surface area contributed by atoms with Crippen LogP contribution in [-0.2, 0) is 15.8 Å². The van der Waals surface area contributed by atoms with Gasteiger partial charge in [0, 0.05) is 37.9 Å². The van der Waals surface area contributed by atoms with Gasteiger partial charge in [-0.1, -0.05) is 30.3 Å². The molecule has 0 radical (unpaired) electrons. The minimum atomic E-state index is -3.83. The summed E-state index contributed by atoms with van der Waals surface area (Å²) in [5.41, 5.74) is 1.02. The van der Waals surface area contributed by atoms with Crippen molar-refractivity contribution in [1.82, 2.24) is 23.7 Å². The van der Waals surface area contributed by atoms with Crippen molar-refractivity contribution in [2.24, 2.45) is 0 Å². The minimum Gasteiger partial charge on any atom is -0.477 e. The van der Waals surface area contributed by atoms with E-state index in [2.05, 4.69) is 20.2 Å². The fourth-order valence-electron chi connectivity index (χ4n) is 4.41. The van der Waals surface area contributed by atoms with Crippen LogP contribution in [0.2, 0.25) is 0 Å². The molecule has 0 aliphatic carbocycles. The van der Waals surface area contributed by atoms with Crippen LogP contribution in [0, 0.1) is 5.82 Å². The average molecular weight is 553 g/mol. The van der Waals surface area contributed by atoms with Crippen LogP contribution in [0.15, 0.2) is 60.8 Å². The van der Waals surface area contributed by atoms with Crippen LogP contribution in [0.3, 0.4) is 0 Å². The molecule has 204 valence electrons. The molecule has 0 unspecified atom stereocenters. The largest absolute Gasteiger partial charge is 0.477 e. The van der Waals surface area contributed by atoms with Crippen LogP contribution in [0.1, 0.15) is 22.8 Å². The molecular formula is C27H29FN6O4S. The summed E-state index contributed by atoms with van der Waals surface area (Å²) in [6, 6.07) is 14.6. The molecule has 12 heteroatoms. The average Bonchev–Trinajstić information content (AvgIpc) is 3.36. The van der Waals surface area contributed by atoms with Crippen molar-refractivity contribution in [3.63, 3.8) is 0 Å². The highest BCUT2D eigenvalue weighted by Gasteiger charge is 2.23. The van der Waals surface area contributed by atoms with Crippen molar-refractivity contribution < 1.29 is 22.3 Å². The predicted molar refractivity (Wildman–Crippen MR) is 146 cm³/mol. The maximum absolute atomic E-state index is 15.1. The Morgan fingerprint density at radius 2 is 1.79 bits per heavy atom. The highest BCUT2D eigenvalue weighted by atomic mass is 32.2. The Hall–Kier alpha value is -4.03. The van der Waals surface area contributed by atoms with Gasteiger partial charge in [0.25, 0.3) is 5.91 Å². The normalized spacial score (nSPS) is 14.5. The molecular weight excluding hydrogens is 523 g/mol. The molecule has 1 N–H and O–H groups in total. The lowest BCUT2D eigenvalue weighted by Gasteiger charge is -2.32. The Balaban J connectivity index is 1.44. The maximum Gasteiger partial charge on any atom is 0.254 e. The quantitative estimate of drug-likeness (QED) is 0.354. The Bertz CT molecular complexity index is 1600. The SMILES string of the molecule is CCOc1nc(Nc2ccc(C(=O)N3CCN(C)CC3)cc2F)nc2c1ccn2S(=O)(=O)Cc1ccccc1. The van der Waals surface area contributed by atoms with E-state index >= 15 is 4.39 Å². The Morgan fingerprint density at radius 3 is 2.49 bits per heavy atom. The van der Waals surface area contributed by atoms with E-state index in [4.69, 9.17) is 4.74 Å². The molecule has 0 spiro atoms. The second kappa shape index (κ2) is 11.0. The van der Waals surface area contributed by atoms with Crippen molar-refractivity contribution >= 4 is 38.6 Å². The third-order valence-corrected chi connectivity index (χ3v) is 8.09. The molecule has 2 aromatic carbocycles. The van der Waals surface area contributed by atoms with Crippen molar-refractivity contribution in [2.45, 2.75) is 12.7 Å². The van der Waals surface area contributed by atoms with E-state index in [9.17, 15) is 13.2 Å². The zero-order valence-electron chi connectivity index (χ0n) is 21.7. The molecule has 5 rings (SSSR count). The van der Waals surface area contributed by atoms with Gasteiger partial charge >= 0.3 is 0 Å². The zero-order chi connectivity index (χ0) is 27.6. The number of rotatable bonds is 8. The van der Waals surface area contributed by atoms with E-state index in [0.717, 1.165) is 17.1 Å². The van der Waals surface area contributed by atoms with Crippen LogP contribution < -0.4 is 10.1 Å². The van der Waals surface area contributed by atoms with Crippen molar-refractivity contribution in [2.75, 3.05) is 45.2 Å². The summed E-state index contributed by atoms with van der Waals surface area (Å²) in [4.78, 5) is 25.4. The lowest BCUT2D eigenvalue weighted by atomic mass is 10.1. The van der Waals surface area contributed by atoms with Crippen molar-refractivity contribution in [3.8, 4) is 5.88 Å². The van der Waals surface area contributed by atoms with Crippen LogP contribution >= 0.6 is 0 Å². The van der Waals surface area contributed by atoms with Gasteiger partial charge in [-0.3, -0.25) is 4.79 Å². The van der Waals surface area contributed by atoms with E-state index in [1.165, 1.54) is 18.3 Å². The molecule has 1 fully saturated rings. The first-order chi connectivity index (χ1) is 18.7.